The number of benzene rings is 2. The fourth-order valence-corrected chi connectivity index (χ4v) is 4.16. The first-order valence-electron chi connectivity index (χ1n) is 9.84. The van der Waals surface area contributed by atoms with Gasteiger partial charge >= 0.3 is 5.97 Å². The minimum absolute atomic E-state index is 0.233. The second-order valence-electron chi connectivity index (χ2n) is 7.28. The molecule has 0 heterocycles. The number of hydrogen-bond donors (Lipinski definition) is 1. The summed E-state index contributed by atoms with van der Waals surface area (Å²) in [6.45, 7) is 5.10. The molecule has 0 spiro atoms. The van der Waals surface area contributed by atoms with Gasteiger partial charge in [-0.15, -0.1) is 0 Å². The van der Waals surface area contributed by atoms with Gasteiger partial charge in [-0.3, -0.25) is 0 Å². The van der Waals surface area contributed by atoms with Gasteiger partial charge in [-0.1, -0.05) is 31.4 Å². The standard InChI is InChI=1S/C23H29NO3/c1-4-24(19-8-6-5-7-9-19)22-15-18(17-10-12-20(25)13-11-17)14-21(16(22)2)23(26)27-3/h10-15,19,25H,4-9H2,1-3H3. The predicted octanol–water partition coefficient (Wildman–Crippen LogP) is 5.31. The molecule has 0 unspecified atom stereocenters. The van der Waals surface area contributed by atoms with E-state index in [2.05, 4.69) is 17.9 Å². The highest BCUT2D eigenvalue weighted by atomic mass is 16.5. The summed E-state index contributed by atoms with van der Waals surface area (Å²) >= 11 is 0. The van der Waals surface area contributed by atoms with Crippen LogP contribution in [-0.4, -0.2) is 30.8 Å². The van der Waals surface area contributed by atoms with Crippen molar-refractivity contribution in [1.29, 1.82) is 0 Å². The maximum atomic E-state index is 12.4. The summed E-state index contributed by atoms with van der Waals surface area (Å²) in [6, 6.07) is 11.7. The maximum absolute atomic E-state index is 12.4. The highest BCUT2D eigenvalue weighted by Gasteiger charge is 2.24. The summed E-state index contributed by atoms with van der Waals surface area (Å²) in [6.07, 6.45) is 6.24. The van der Waals surface area contributed by atoms with Gasteiger partial charge < -0.3 is 14.7 Å². The molecule has 1 aliphatic carbocycles. The van der Waals surface area contributed by atoms with E-state index in [1.54, 1.807) is 12.1 Å². The van der Waals surface area contributed by atoms with Gasteiger partial charge in [0.1, 0.15) is 5.75 Å². The van der Waals surface area contributed by atoms with Crippen LogP contribution in [0.4, 0.5) is 5.69 Å². The summed E-state index contributed by atoms with van der Waals surface area (Å²) in [7, 11) is 1.42. The Labute approximate surface area is 161 Å². The second kappa shape index (κ2) is 8.47. The third-order valence-electron chi connectivity index (χ3n) is 5.65. The van der Waals surface area contributed by atoms with E-state index in [0.29, 0.717) is 11.6 Å². The van der Waals surface area contributed by atoms with Crippen LogP contribution < -0.4 is 4.90 Å². The molecule has 0 bridgehead atoms. The summed E-state index contributed by atoms with van der Waals surface area (Å²) in [5, 5.41) is 9.60. The Morgan fingerprint density at radius 2 is 1.78 bits per heavy atom. The van der Waals surface area contributed by atoms with E-state index in [4.69, 9.17) is 4.74 Å². The predicted molar refractivity (Wildman–Crippen MR) is 110 cm³/mol. The molecular formula is C23H29NO3. The van der Waals surface area contributed by atoms with Crippen LogP contribution in [0.5, 0.6) is 5.75 Å². The third kappa shape index (κ3) is 4.10. The van der Waals surface area contributed by atoms with E-state index in [0.717, 1.165) is 28.9 Å². The van der Waals surface area contributed by atoms with Gasteiger partial charge in [-0.2, -0.15) is 0 Å². The van der Waals surface area contributed by atoms with E-state index in [-0.39, 0.29) is 11.7 Å². The van der Waals surface area contributed by atoms with E-state index in [1.807, 2.05) is 25.1 Å². The number of carbonyl (C=O) groups is 1. The molecule has 4 nitrogen and oxygen atoms in total. The van der Waals surface area contributed by atoms with Gasteiger partial charge in [0.15, 0.2) is 0 Å². The molecule has 144 valence electrons. The van der Waals surface area contributed by atoms with Crippen molar-refractivity contribution in [3.05, 3.63) is 47.5 Å². The first kappa shape index (κ1) is 19.3. The van der Waals surface area contributed by atoms with Crippen LogP contribution in [0, 0.1) is 6.92 Å². The van der Waals surface area contributed by atoms with Crippen molar-refractivity contribution < 1.29 is 14.6 Å². The van der Waals surface area contributed by atoms with Gasteiger partial charge in [0, 0.05) is 18.3 Å². The molecule has 4 heteroatoms. The SMILES string of the molecule is CCN(c1cc(-c2ccc(O)cc2)cc(C(=O)OC)c1C)C1CCCCC1. The van der Waals surface area contributed by atoms with E-state index in [9.17, 15) is 9.90 Å². The molecule has 1 N–H and O–H groups in total. The fourth-order valence-electron chi connectivity index (χ4n) is 4.16. The monoisotopic (exact) mass is 367 g/mol. The number of phenols is 1. The van der Waals surface area contributed by atoms with E-state index < -0.39 is 0 Å². The molecule has 2 aromatic carbocycles. The Bertz CT molecular complexity index is 792. The Morgan fingerprint density at radius 1 is 1.11 bits per heavy atom. The number of methoxy groups -OCH3 is 1. The zero-order chi connectivity index (χ0) is 19.4. The minimum atomic E-state index is -0.311. The van der Waals surface area contributed by atoms with Gasteiger partial charge in [0.05, 0.1) is 12.7 Å². The first-order chi connectivity index (χ1) is 13.0. The molecule has 0 radical (unpaired) electrons. The van der Waals surface area contributed by atoms with Crippen molar-refractivity contribution in [2.24, 2.45) is 0 Å². The number of esters is 1. The lowest BCUT2D eigenvalue weighted by molar-refractivity contribution is 0.0600. The van der Waals surface area contributed by atoms with Gasteiger partial charge in [-0.05, 0) is 67.6 Å². The van der Waals surface area contributed by atoms with Gasteiger partial charge in [0.25, 0.3) is 0 Å². The van der Waals surface area contributed by atoms with Crippen LogP contribution in [0.1, 0.15) is 54.9 Å². The summed E-state index contributed by atoms with van der Waals surface area (Å²) in [5.41, 5.74) is 4.61. The average molecular weight is 367 g/mol. The van der Waals surface area contributed by atoms with Crippen LogP contribution >= 0.6 is 0 Å². The molecule has 0 aliphatic heterocycles. The van der Waals surface area contributed by atoms with Crippen molar-refractivity contribution in [2.75, 3.05) is 18.6 Å². The number of aromatic hydroxyl groups is 1. The lowest BCUT2D eigenvalue weighted by Gasteiger charge is -2.37. The van der Waals surface area contributed by atoms with Gasteiger partial charge in [-0.25, -0.2) is 4.79 Å². The first-order valence-corrected chi connectivity index (χ1v) is 9.84. The molecule has 27 heavy (non-hydrogen) atoms. The van der Waals surface area contributed by atoms with E-state index in [1.165, 1.54) is 39.2 Å². The van der Waals surface area contributed by atoms with Crippen LogP contribution in [0.2, 0.25) is 0 Å². The van der Waals surface area contributed by atoms with Crippen molar-refractivity contribution in [2.45, 2.75) is 52.0 Å². The molecule has 2 aromatic rings. The molecular weight excluding hydrogens is 338 g/mol. The van der Waals surface area contributed by atoms with Crippen molar-refractivity contribution >= 4 is 11.7 Å². The molecule has 1 saturated carbocycles. The quantitative estimate of drug-likeness (QED) is 0.727. The van der Waals surface area contributed by atoms with Crippen LogP contribution in [0.25, 0.3) is 11.1 Å². The number of carbonyl (C=O) groups excluding carboxylic acids is 1. The molecule has 1 fully saturated rings. The molecule has 3 rings (SSSR count). The summed E-state index contributed by atoms with van der Waals surface area (Å²) in [5.74, 6) is -0.0780. The smallest absolute Gasteiger partial charge is 0.338 e. The van der Waals surface area contributed by atoms with E-state index >= 15 is 0 Å². The molecule has 0 saturated heterocycles. The molecule has 1 aliphatic rings. The second-order valence-corrected chi connectivity index (χ2v) is 7.28. The zero-order valence-electron chi connectivity index (χ0n) is 16.5. The number of anilines is 1. The fraction of sp³-hybridized carbons (Fsp3) is 0.435. The number of hydrogen-bond acceptors (Lipinski definition) is 4. The number of ether oxygens (including phenoxy) is 1. The number of rotatable bonds is 5. The Morgan fingerprint density at radius 3 is 2.37 bits per heavy atom. The average Bonchev–Trinajstić information content (AvgIpc) is 2.70. The normalized spacial score (nSPS) is 14.8. The highest BCUT2D eigenvalue weighted by Crippen LogP contribution is 2.35. The lowest BCUT2D eigenvalue weighted by atomic mass is 9.91. The maximum Gasteiger partial charge on any atom is 0.338 e. The lowest BCUT2D eigenvalue weighted by Crippen LogP contribution is -2.37. The topological polar surface area (TPSA) is 49.8 Å². The Hall–Kier alpha value is -2.49. The van der Waals surface area contributed by atoms with Crippen LogP contribution in [0.3, 0.4) is 0 Å². The summed E-state index contributed by atoms with van der Waals surface area (Å²) in [4.78, 5) is 14.9. The Kier molecular flexibility index (Phi) is 6.04. The Balaban J connectivity index is 2.11. The molecule has 0 aromatic heterocycles. The molecule has 0 amide bonds. The minimum Gasteiger partial charge on any atom is -0.508 e. The van der Waals surface area contributed by atoms with Crippen LogP contribution in [-0.2, 0) is 4.74 Å². The summed E-state index contributed by atoms with van der Waals surface area (Å²) < 4.78 is 5.04. The largest absolute Gasteiger partial charge is 0.508 e. The highest BCUT2D eigenvalue weighted by molar-refractivity contribution is 5.95. The van der Waals surface area contributed by atoms with Gasteiger partial charge in [0.2, 0.25) is 0 Å². The van der Waals surface area contributed by atoms with Crippen molar-refractivity contribution in [3.63, 3.8) is 0 Å². The molecule has 0 atom stereocenters. The van der Waals surface area contributed by atoms with Crippen molar-refractivity contribution in [3.8, 4) is 16.9 Å². The zero-order valence-corrected chi connectivity index (χ0v) is 16.5. The number of nitrogens with zero attached hydrogens (tertiary/aromatic N) is 1. The number of phenolic OH excluding ortho intramolecular Hbond substituents is 1. The third-order valence-corrected chi connectivity index (χ3v) is 5.65. The van der Waals surface area contributed by atoms with Crippen LogP contribution in [0.15, 0.2) is 36.4 Å². The van der Waals surface area contributed by atoms with Crippen molar-refractivity contribution in [1.82, 2.24) is 0 Å².